The summed E-state index contributed by atoms with van der Waals surface area (Å²) in [5, 5.41) is 41.1. The van der Waals surface area contributed by atoms with Gasteiger partial charge in [0.2, 0.25) is 23.7 Å². The van der Waals surface area contributed by atoms with Crippen LogP contribution in [0.5, 0.6) is 5.88 Å². The number of carbonyl (C=O) groups excluding carboxylic acids is 1. The molecule has 6 aromatic heterocycles. The normalized spacial score (nSPS) is 13.8. The van der Waals surface area contributed by atoms with Crippen molar-refractivity contribution in [3.63, 3.8) is 0 Å². The highest BCUT2D eigenvalue weighted by Crippen LogP contribution is 2.35. The lowest BCUT2D eigenvalue weighted by atomic mass is 9.94. The Morgan fingerprint density at radius 1 is 0.467 bits per heavy atom. The highest BCUT2D eigenvalue weighted by Gasteiger charge is 2.20. The van der Waals surface area contributed by atoms with E-state index in [4.69, 9.17) is 14.7 Å². The molecule has 3 aliphatic rings. The molecule has 0 unspecified atom stereocenters. The Balaban J connectivity index is 0.000000147. The summed E-state index contributed by atoms with van der Waals surface area (Å²) < 4.78 is 7.62. The average molecular weight is 1430 g/mol. The average Bonchev–Trinajstić information content (AvgIpc) is 1.10. The van der Waals surface area contributed by atoms with E-state index in [1.165, 1.54) is 113 Å². The molecule has 15 rings (SSSR count). The second-order valence-corrected chi connectivity index (χ2v) is 28.4. The number of aryl methyl sites for hydroxylation is 10. The van der Waals surface area contributed by atoms with Gasteiger partial charge >= 0.3 is 0 Å². The summed E-state index contributed by atoms with van der Waals surface area (Å²) in [6, 6.07) is 38.8. The first-order valence-corrected chi connectivity index (χ1v) is 37.1. The second-order valence-electron chi connectivity index (χ2n) is 27.5. The number of amides is 1. The number of hydrogen-bond acceptors (Lipinski definition) is 21. The molecule has 23 heteroatoms. The van der Waals surface area contributed by atoms with Crippen LogP contribution < -0.4 is 31.6 Å². The Bertz CT molecular complexity index is 5060. The minimum Gasteiger partial charge on any atom is -0.476 e. The lowest BCUT2D eigenvalue weighted by Gasteiger charge is -2.15. The van der Waals surface area contributed by atoms with Crippen molar-refractivity contribution in [1.29, 1.82) is 0 Å². The van der Waals surface area contributed by atoms with Crippen LogP contribution >= 0.6 is 11.3 Å². The van der Waals surface area contributed by atoms with Crippen molar-refractivity contribution in [2.24, 2.45) is 0 Å². The first-order chi connectivity index (χ1) is 50.5. The summed E-state index contributed by atoms with van der Waals surface area (Å²) in [4.78, 5) is 54.9. The molecule has 0 saturated carbocycles. The molecule has 3 saturated heterocycles. The van der Waals surface area contributed by atoms with Gasteiger partial charge in [0.1, 0.15) is 28.9 Å². The lowest BCUT2D eigenvalue weighted by Crippen LogP contribution is -2.33. The Morgan fingerprint density at radius 2 is 0.905 bits per heavy atom. The topological polar surface area (TPSA) is 248 Å². The summed E-state index contributed by atoms with van der Waals surface area (Å²) in [6.45, 7) is 30.6. The summed E-state index contributed by atoms with van der Waals surface area (Å²) in [7, 11) is 0. The number of hydrogen-bond donors (Lipinski definition) is 4. The molecule has 0 bridgehead atoms. The zero-order chi connectivity index (χ0) is 72.2. The van der Waals surface area contributed by atoms with Gasteiger partial charge in [-0.15, -0.1) is 41.9 Å². The van der Waals surface area contributed by atoms with E-state index >= 15 is 0 Å². The van der Waals surface area contributed by atoms with Gasteiger partial charge in [-0.1, -0.05) is 62.0 Å². The lowest BCUT2D eigenvalue weighted by molar-refractivity contribution is 0.0945. The molecule has 0 spiro atoms. The van der Waals surface area contributed by atoms with Gasteiger partial charge in [0.15, 0.2) is 5.13 Å². The molecule has 22 nitrogen and oxygen atoms in total. The summed E-state index contributed by atoms with van der Waals surface area (Å²) >= 11 is 1.34. The van der Waals surface area contributed by atoms with E-state index in [-0.39, 0.29) is 18.9 Å². The number of likely N-dealkylation sites (tertiary alicyclic amines) is 3. The molecule has 542 valence electrons. The molecular weight excluding hydrogens is 1330 g/mol. The number of fused-ring (bicyclic) bond motifs is 3. The predicted octanol–water partition coefficient (Wildman–Crippen LogP) is 15.5. The van der Waals surface area contributed by atoms with Crippen LogP contribution in [-0.4, -0.2) is 153 Å². The van der Waals surface area contributed by atoms with Crippen molar-refractivity contribution in [1.82, 2.24) is 80.1 Å². The molecule has 6 aromatic carbocycles. The van der Waals surface area contributed by atoms with Crippen molar-refractivity contribution in [3.05, 3.63) is 199 Å². The van der Waals surface area contributed by atoms with Crippen molar-refractivity contribution >= 4 is 84.7 Å². The summed E-state index contributed by atoms with van der Waals surface area (Å²) in [5.74, 6) is 1.65. The summed E-state index contributed by atoms with van der Waals surface area (Å²) in [5.41, 5.74) is 24.3. The third-order valence-electron chi connectivity index (χ3n) is 19.6. The van der Waals surface area contributed by atoms with Gasteiger partial charge in [0.05, 0.1) is 22.2 Å². The Labute approximate surface area is 618 Å². The van der Waals surface area contributed by atoms with Crippen LogP contribution in [0.15, 0.2) is 138 Å². The number of benzene rings is 6. The zero-order valence-corrected chi connectivity index (χ0v) is 61.8. The monoisotopic (exact) mass is 1430 g/mol. The summed E-state index contributed by atoms with van der Waals surface area (Å²) in [6.07, 6.45) is 12.1. The van der Waals surface area contributed by atoms with E-state index in [9.17, 15) is 9.59 Å². The molecule has 1 amide bonds. The van der Waals surface area contributed by atoms with Gasteiger partial charge in [0, 0.05) is 61.8 Å². The number of rotatable bonds is 21. The van der Waals surface area contributed by atoms with Gasteiger partial charge in [0.25, 0.3) is 11.5 Å². The van der Waals surface area contributed by atoms with Crippen LogP contribution in [0.1, 0.15) is 113 Å². The standard InChI is InChI=1S/C28H32N6O.C27H30N6O.C26H29N7OS.CH4/c1-19-8-6-9-20(2)26(19)22-16-21(3)27-24(17-22)31-32-28(30-27)29-23-10-11-25(35)34(18-23)15-7-14-33-12-4-5-13-33;1-18-7-6-8-19(2)25(18)21-15-20(3)26-23(16-21)31-32-27(30-26)29-22-9-10-28-24(17-22)34-14-13-33-11-4-5-12-33;1-16-7-6-8-17(2)22(16)19-13-18(3)23-20(14-19)31-32-25(29-23)30-26-28-21(15-35-26)24(34)27-9-12-33-10-4-5-11-33;/h6,8-11,16-18H,4-5,7,12-15H2,1-3H3,(H,29,30,32);6-10,15-17H,4-5,11-14H2,1-3H3,(H,28,29,30,32);6-8,13-15H,4-5,9-12H2,1-3H3,(H,27,34)(H,28,29,30,32);1H4. The first-order valence-electron chi connectivity index (χ1n) is 36.2. The van der Waals surface area contributed by atoms with Crippen molar-refractivity contribution in [2.45, 2.75) is 121 Å². The predicted molar refractivity (Wildman–Crippen MR) is 424 cm³/mol. The van der Waals surface area contributed by atoms with Crippen LogP contribution in [0, 0.1) is 62.3 Å². The van der Waals surface area contributed by atoms with Crippen LogP contribution in [0.2, 0.25) is 0 Å². The second kappa shape index (κ2) is 34.3. The van der Waals surface area contributed by atoms with Crippen molar-refractivity contribution in [3.8, 4) is 39.3 Å². The van der Waals surface area contributed by atoms with Gasteiger partial charge in [-0.25, -0.2) is 24.9 Å². The number of carbonyl (C=O) groups is 1. The zero-order valence-electron chi connectivity index (χ0n) is 61.0. The third kappa shape index (κ3) is 18.5. The van der Waals surface area contributed by atoms with Crippen molar-refractivity contribution in [2.75, 3.05) is 88.0 Å². The van der Waals surface area contributed by atoms with Crippen LogP contribution in [0.4, 0.5) is 34.4 Å². The molecule has 3 aliphatic heterocycles. The van der Waals surface area contributed by atoms with Gasteiger partial charge in [-0.2, -0.15) is 0 Å². The molecular formula is C82H95N19O3S. The highest BCUT2D eigenvalue weighted by atomic mass is 32.1. The van der Waals surface area contributed by atoms with Gasteiger partial charge in [-0.3, -0.25) is 19.8 Å². The Hall–Kier alpha value is -10.6. The maximum absolute atomic E-state index is 12.4. The smallest absolute Gasteiger partial charge is 0.270 e. The fraction of sp³-hybridized carbons (Fsp3) is 0.354. The van der Waals surface area contributed by atoms with E-state index in [1.807, 2.05) is 31.3 Å². The Morgan fingerprint density at radius 3 is 1.38 bits per heavy atom. The first kappa shape index (κ1) is 74.1. The number of nitrogens with zero attached hydrogens (tertiary/aromatic N) is 15. The van der Waals surface area contributed by atoms with Crippen LogP contribution in [-0.2, 0) is 6.54 Å². The quantitative estimate of drug-likeness (QED) is 0.0522. The minimum atomic E-state index is -0.166. The maximum Gasteiger partial charge on any atom is 0.270 e. The maximum atomic E-state index is 12.4. The number of thiazole rings is 1. The van der Waals surface area contributed by atoms with E-state index in [0.29, 0.717) is 54.2 Å². The Kier molecular flexibility index (Phi) is 24.2. The van der Waals surface area contributed by atoms with Gasteiger partial charge < -0.3 is 35.1 Å². The molecule has 0 atom stereocenters. The third-order valence-corrected chi connectivity index (χ3v) is 20.3. The number of pyridine rings is 2. The largest absolute Gasteiger partial charge is 0.476 e. The molecule has 0 aliphatic carbocycles. The van der Waals surface area contributed by atoms with E-state index < -0.39 is 0 Å². The van der Waals surface area contributed by atoms with Crippen LogP contribution in [0.25, 0.3) is 66.5 Å². The van der Waals surface area contributed by atoms with E-state index in [2.05, 4.69) is 222 Å². The molecule has 3 fully saturated rings. The number of nitrogens with one attached hydrogen (secondary N) is 4. The van der Waals surface area contributed by atoms with Gasteiger partial charge in [-0.05, 0) is 285 Å². The number of aromatic nitrogens is 12. The molecule has 105 heavy (non-hydrogen) atoms. The minimum absolute atomic E-state index is 0. The molecule has 4 N–H and O–H groups in total. The SMILES string of the molecule is C.Cc1cccc(C)c1-c1cc(C)c2nc(Nc3ccc(=O)n(CCCN4CCCC4)c3)nnc2c1.Cc1cccc(C)c1-c1cc(C)c2nc(Nc3ccnc(OCCN4CCCC4)c3)nnc2c1.Cc1cccc(C)c1-c1cc(C)c2nc(Nc3nc(C(=O)NCCN4CCCC4)cs3)nnc2c1. The number of anilines is 6. The van der Waals surface area contributed by atoms with Crippen molar-refractivity contribution < 1.29 is 9.53 Å². The molecule has 0 radical (unpaired) electrons. The molecule has 9 heterocycles. The fourth-order valence-electron chi connectivity index (χ4n) is 14.4. The number of ether oxygens (including phenoxy) is 1. The van der Waals surface area contributed by atoms with E-state index in [0.717, 1.165) is 130 Å². The fourth-order valence-corrected chi connectivity index (χ4v) is 15.0. The molecule has 12 aromatic rings. The van der Waals surface area contributed by atoms with Crippen LogP contribution in [0.3, 0.4) is 0 Å². The highest BCUT2D eigenvalue weighted by molar-refractivity contribution is 7.14. The van der Waals surface area contributed by atoms with E-state index in [1.54, 1.807) is 28.3 Å².